The predicted octanol–water partition coefficient (Wildman–Crippen LogP) is 1.50. The van der Waals surface area contributed by atoms with Crippen LogP contribution in [-0.4, -0.2) is 11.4 Å². The molecule has 0 heterocycles. The minimum atomic E-state index is 0.0608. The van der Waals surface area contributed by atoms with Crippen LogP contribution in [0.15, 0.2) is 29.8 Å². The van der Waals surface area contributed by atoms with E-state index in [0.29, 0.717) is 11.8 Å². The minimum Gasteiger partial charge on any atom is -0.508 e. The lowest BCUT2D eigenvalue weighted by Crippen LogP contribution is -1.79. The molecule has 0 radical (unpaired) electrons. The van der Waals surface area contributed by atoms with Gasteiger partial charge in [-0.25, -0.2) is 0 Å². The number of benzene rings is 1. The smallest absolute Gasteiger partial charge is 0.160 e. The Morgan fingerprint density at radius 3 is 2.46 bits per heavy atom. The van der Waals surface area contributed by atoms with Crippen LogP contribution in [0.5, 0.6) is 5.75 Å². The molecule has 0 amide bonds. The van der Waals surface area contributed by atoms with Crippen molar-refractivity contribution in [3.05, 3.63) is 35.4 Å². The summed E-state index contributed by atoms with van der Waals surface area (Å²) in [6.07, 6.45) is 1.94. The molecule has 1 N–H and O–H groups in total. The minimum absolute atomic E-state index is 0.0608. The van der Waals surface area contributed by atoms with Gasteiger partial charge in [-0.15, -0.1) is 0 Å². The molecule has 0 unspecified atom stereocenters. The lowest BCUT2D eigenvalue weighted by Gasteiger charge is -1.93. The molecule has 0 aliphatic heterocycles. The third-order valence-electron chi connectivity index (χ3n) is 1.47. The first-order chi connectivity index (χ1) is 6.26. The average Bonchev–Trinajstić information content (AvgIpc) is 2.17. The quantitative estimate of drug-likeness (QED) is 0.418. The van der Waals surface area contributed by atoms with Gasteiger partial charge in [0, 0.05) is 0 Å². The molecule has 0 fully saturated rings. The zero-order valence-corrected chi connectivity index (χ0v) is 6.77. The van der Waals surface area contributed by atoms with Crippen LogP contribution in [0.25, 0.3) is 6.08 Å². The molecule has 0 spiro atoms. The van der Waals surface area contributed by atoms with Crippen molar-refractivity contribution in [2.24, 2.45) is 0 Å². The van der Waals surface area contributed by atoms with Crippen molar-refractivity contribution in [2.45, 2.75) is 0 Å². The Hall–Kier alpha value is -2.08. The summed E-state index contributed by atoms with van der Waals surface area (Å²) in [4.78, 5) is 10.3. The third-order valence-corrected chi connectivity index (χ3v) is 1.47. The van der Waals surface area contributed by atoms with Gasteiger partial charge in [0.2, 0.25) is 0 Å². The third kappa shape index (κ3) is 2.46. The van der Waals surface area contributed by atoms with Gasteiger partial charge in [0.05, 0.1) is 5.57 Å². The molecule has 1 aromatic carbocycles. The summed E-state index contributed by atoms with van der Waals surface area (Å²) in [5.74, 6) is 0.154. The second-order valence-corrected chi connectivity index (χ2v) is 2.42. The Morgan fingerprint density at radius 2 is 2.00 bits per heavy atom. The first-order valence-electron chi connectivity index (χ1n) is 3.62. The molecule has 1 aromatic rings. The second-order valence-electron chi connectivity index (χ2n) is 2.42. The summed E-state index contributed by atoms with van der Waals surface area (Å²) in [6.45, 7) is 0. The lowest BCUT2D eigenvalue weighted by atomic mass is 10.1. The summed E-state index contributed by atoms with van der Waals surface area (Å²) in [5.41, 5.74) is 0.770. The number of nitriles is 1. The molecule has 0 bridgehead atoms. The fourth-order valence-corrected chi connectivity index (χ4v) is 0.843. The Morgan fingerprint density at radius 1 is 1.38 bits per heavy atom. The average molecular weight is 173 g/mol. The highest BCUT2D eigenvalue weighted by atomic mass is 16.3. The first kappa shape index (κ1) is 9.01. The fraction of sp³-hybridized carbons (Fsp3) is 0. The van der Waals surface area contributed by atoms with Crippen LogP contribution in [0.2, 0.25) is 0 Å². The molecule has 1 rings (SSSR count). The summed E-state index contributed by atoms with van der Waals surface area (Å²) in [5, 5.41) is 17.4. The van der Waals surface area contributed by atoms with Crippen LogP contribution in [-0.2, 0) is 4.79 Å². The van der Waals surface area contributed by atoms with Gasteiger partial charge in [0.15, 0.2) is 6.29 Å². The highest BCUT2D eigenvalue weighted by Crippen LogP contribution is 2.11. The van der Waals surface area contributed by atoms with E-state index in [-0.39, 0.29) is 11.3 Å². The molecular weight excluding hydrogens is 166 g/mol. The number of rotatable bonds is 2. The van der Waals surface area contributed by atoms with Crippen LogP contribution in [0.3, 0.4) is 0 Å². The number of carbonyl (C=O) groups is 1. The number of hydrogen-bond acceptors (Lipinski definition) is 3. The summed E-state index contributed by atoms with van der Waals surface area (Å²) >= 11 is 0. The van der Waals surface area contributed by atoms with Gasteiger partial charge in [-0.3, -0.25) is 4.79 Å². The monoisotopic (exact) mass is 173 g/mol. The van der Waals surface area contributed by atoms with Gasteiger partial charge >= 0.3 is 0 Å². The van der Waals surface area contributed by atoms with E-state index in [1.165, 1.54) is 18.2 Å². The fourth-order valence-electron chi connectivity index (χ4n) is 0.843. The van der Waals surface area contributed by atoms with E-state index in [4.69, 9.17) is 10.4 Å². The van der Waals surface area contributed by atoms with E-state index in [9.17, 15) is 4.79 Å². The Balaban J connectivity index is 2.98. The second kappa shape index (κ2) is 4.07. The van der Waals surface area contributed by atoms with Gasteiger partial charge < -0.3 is 5.11 Å². The van der Waals surface area contributed by atoms with Crippen molar-refractivity contribution in [3.63, 3.8) is 0 Å². The molecule has 13 heavy (non-hydrogen) atoms. The molecule has 0 aromatic heterocycles. The number of aromatic hydroxyl groups is 1. The summed E-state index contributed by atoms with van der Waals surface area (Å²) in [7, 11) is 0. The molecule has 0 aliphatic rings. The number of carbonyl (C=O) groups excluding carboxylic acids is 1. The van der Waals surface area contributed by atoms with E-state index in [0.717, 1.165) is 0 Å². The number of nitrogens with zero attached hydrogens (tertiary/aromatic N) is 1. The molecule has 0 atom stereocenters. The largest absolute Gasteiger partial charge is 0.508 e. The van der Waals surface area contributed by atoms with Crippen molar-refractivity contribution < 1.29 is 9.90 Å². The number of allylic oxidation sites excluding steroid dienone is 1. The summed E-state index contributed by atoms with van der Waals surface area (Å²) < 4.78 is 0. The van der Waals surface area contributed by atoms with Gasteiger partial charge in [0.25, 0.3) is 0 Å². The predicted molar refractivity (Wildman–Crippen MR) is 47.8 cm³/mol. The summed E-state index contributed by atoms with van der Waals surface area (Å²) in [6, 6.07) is 7.97. The molecule has 0 aliphatic carbocycles. The van der Waals surface area contributed by atoms with Crippen LogP contribution in [0.4, 0.5) is 0 Å². The Labute approximate surface area is 75.5 Å². The normalized spacial score (nSPS) is 10.5. The van der Waals surface area contributed by atoms with Gasteiger partial charge in [-0.2, -0.15) is 5.26 Å². The molecule has 0 saturated carbocycles. The zero-order valence-electron chi connectivity index (χ0n) is 6.77. The number of hydrogen-bond donors (Lipinski definition) is 1. The van der Waals surface area contributed by atoms with E-state index < -0.39 is 0 Å². The van der Waals surface area contributed by atoms with Crippen molar-refractivity contribution in [2.75, 3.05) is 0 Å². The van der Waals surface area contributed by atoms with Crippen molar-refractivity contribution in [1.29, 1.82) is 5.26 Å². The van der Waals surface area contributed by atoms with Gasteiger partial charge in [-0.1, -0.05) is 12.1 Å². The van der Waals surface area contributed by atoms with Crippen molar-refractivity contribution in [1.82, 2.24) is 0 Å². The van der Waals surface area contributed by atoms with Crippen molar-refractivity contribution >= 4 is 12.4 Å². The maximum absolute atomic E-state index is 10.3. The molecule has 3 heteroatoms. The molecule has 3 nitrogen and oxygen atoms in total. The van der Waals surface area contributed by atoms with E-state index in [2.05, 4.69) is 0 Å². The van der Waals surface area contributed by atoms with Crippen LogP contribution >= 0.6 is 0 Å². The van der Waals surface area contributed by atoms with Crippen LogP contribution in [0.1, 0.15) is 5.56 Å². The zero-order chi connectivity index (χ0) is 9.68. The highest BCUT2D eigenvalue weighted by Gasteiger charge is 1.93. The van der Waals surface area contributed by atoms with Crippen LogP contribution < -0.4 is 0 Å². The first-order valence-corrected chi connectivity index (χ1v) is 3.62. The highest BCUT2D eigenvalue weighted by molar-refractivity contribution is 5.86. The van der Waals surface area contributed by atoms with E-state index in [1.54, 1.807) is 18.2 Å². The number of aldehydes is 1. The number of phenolic OH excluding ortho intramolecular Hbond substituents is 1. The maximum atomic E-state index is 10.3. The Bertz CT molecular complexity index is 371. The number of phenols is 1. The van der Waals surface area contributed by atoms with E-state index in [1.807, 2.05) is 0 Å². The lowest BCUT2D eigenvalue weighted by molar-refractivity contribution is -0.104. The Kier molecular flexibility index (Phi) is 2.82. The van der Waals surface area contributed by atoms with Gasteiger partial charge in [0.1, 0.15) is 11.8 Å². The molecular formula is C10H7NO2. The molecule has 64 valence electrons. The van der Waals surface area contributed by atoms with Gasteiger partial charge in [-0.05, 0) is 23.8 Å². The maximum Gasteiger partial charge on any atom is 0.160 e. The standard InChI is InChI=1S/C10H7NO2/c11-6-9(7-12)5-8-1-3-10(13)4-2-8/h1-5,7,13H/b9-5-. The topological polar surface area (TPSA) is 61.1 Å². The van der Waals surface area contributed by atoms with Crippen molar-refractivity contribution in [3.8, 4) is 11.8 Å². The SMILES string of the molecule is N#C/C(C=O)=C/c1ccc(O)cc1. The van der Waals surface area contributed by atoms with E-state index >= 15 is 0 Å². The molecule has 0 saturated heterocycles. The van der Waals surface area contributed by atoms with Crippen LogP contribution in [0, 0.1) is 11.3 Å².